The molecule has 126 valence electrons. The third-order valence-electron chi connectivity index (χ3n) is 3.85. The summed E-state index contributed by atoms with van der Waals surface area (Å²) < 4.78 is 10.7. The van der Waals surface area contributed by atoms with Crippen LogP contribution in [0.25, 0.3) is 0 Å². The minimum atomic E-state index is 0.816. The van der Waals surface area contributed by atoms with E-state index in [1.54, 1.807) is 26.0 Å². The van der Waals surface area contributed by atoms with Crippen LogP contribution in [0.1, 0.15) is 17.5 Å². The Balaban J connectivity index is 1.79. The smallest absolute Gasteiger partial charge is 0.129 e. The SMILES string of the molecule is COc1cc(CSc2ccccc2C2=NCCCN2)cc(OC)c1. The molecule has 0 fully saturated rings. The maximum Gasteiger partial charge on any atom is 0.129 e. The average molecular weight is 342 g/mol. The lowest BCUT2D eigenvalue weighted by atomic mass is 10.2. The third-order valence-corrected chi connectivity index (χ3v) is 4.99. The van der Waals surface area contributed by atoms with Gasteiger partial charge in [0.1, 0.15) is 17.3 Å². The van der Waals surface area contributed by atoms with Crippen molar-refractivity contribution in [3.8, 4) is 11.5 Å². The number of rotatable bonds is 6. The second kappa shape index (κ2) is 8.11. The highest BCUT2D eigenvalue weighted by Crippen LogP contribution is 2.30. The Kier molecular flexibility index (Phi) is 5.64. The van der Waals surface area contributed by atoms with Crippen LogP contribution in [0.2, 0.25) is 0 Å². The number of ether oxygens (including phenoxy) is 2. The van der Waals surface area contributed by atoms with Gasteiger partial charge in [-0.3, -0.25) is 4.99 Å². The third kappa shape index (κ3) is 4.03. The van der Waals surface area contributed by atoms with Crippen LogP contribution in [0.15, 0.2) is 52.4 Å². The molecular weight excluding hydrogens is 320 g/mol. The van der Waals surface area contributed by atoms with Crippen LogP contribution in [0.3, 0.4) is 0 Å². The van der Waals surface area contributed by atoms with E-state index in [2.05, 4.69) is 46.7 Å². The molecule has 1 N–H and O–H groups in total. The molecule has 0 radical (unpaired) electrons. The van der Waals surface area contributed by atoms with Crippen LogP contribution in [-0.4, -0.2) is 33.1 Å². The molecule has 0 aromatic heterocycles. The van der Waals surface area contributed by atoms with E-state index in [0.29, 0.717) is 0 Å². The predicted molar refractivity (Wildman–Crippen MR) is 99.6 cm³/mol. The normalized spacial score (nSPS) is 13.8. The number of hydrogen-bond acceptors (Lipinski definition) is 5. The van der Waals surface area contributed by atoms with Gasteiger partial charge in [0.05, 0.1) is 14.2 Å². The highest BCUT2D eigenvalue weighted by Gasteiger charge is 2.12. The first-order valence-corrected chi connectivity index (χ1v) is 9.01. The summed E-state index contributed by atoms with van der Waals surface area (Å²) in [7, 11) is 3.35. The number of nitrogens with zero attached hydrogens (tertiary/aromatic N) is 1. The van der Waals surface area contributed by atoms with E-state index in [-0.39, 0.29) is 0 Å². The van der Waals surface area contributed by atoms with E-state index in [9.17, 15) is 0 Å². The van der Waals surface area contributed by atoms with Gasteiger partial charge in [-0.25, -0.2) is 0 Å². The van der Waals surface area contributed by atoms with E-state index in [4.69, 9.17) is 9.47 Å². The molecule has 0 aliphatic carbocycles. The first-order chi connectivity index (χ1) is 11.8. The summed E-state index contributed by atoms with van der Waals surface area (Å²) in [6, 6.07) is 14.4. The zero-order valence-electron chi connectivity index (χ0n) is 14.0. The van der Waals surface area contributed by atoms with Gasteiger partial charge in [-0.05, 0) is 30.2 Å². The molecule has 5 heteroatoms. The molecule has 24 heavy (non-hydrogen) atoms. The van der Waals surface area contributed by atoms with Crippen molar-refractivity contribution in [2.75, 3.05) is 27.3 Å². The Morgan fingerprint density at radius 2 is 1.83 bits per heavy atom. The lowest BCUT2D eigenvalue weighted by molar-refractivity contribution is 0.393. The highest BCUT2D eigenvalue weighted by molar-refractivity contribution is 7.98. The van der Waals surface area contributed by atoms with Crippen LogP contribution < -0.4 is 14.8 Å². The summed E-state index contributed by atoms with van der Waals surface area (Å²) in [6.07, 6.45) is 1.10. The minimum Gasteiger partial charge on any atom is -0.497 e. The van der Waals surface area contributed by atoms with Crippen molar-refractivity contribution < 1.29 is 9.47 Å². The molecule has 0 saturated heterocycles. The molecule has 1 aliphatic heterocycles. The van der Waals surface area contributed by atoms with Gasteiger partial charge < -0.3 is 14.8 Å². The summed E-state index contributed by atoms with van der Waals surface area (Å²) in [5.74, 6) is 3.48. The number of methoxy groups -OCH3 is 2. The zero-order valence-corrected chi connectivity index (χ0v) is 14.9. The van der Waals surface area contributed by atoms with E-state index in [1.165, 1.54) is 16.0 Å². The first kappa shape index (κ1) is 16.7. The number of benzene rings is 2. The van der Waals surface area contributed by atoms with Gasteiger partial charge >= 0.3 is 0 Å². The lowest BCUT2D eigenvalue weighted by Gasteiger charge is -2.17. The second-order valence-corrected chi connectivity index (χ2v) is 6.53. The molecule has 0 atom stereocenters. The minimum absolute atomic E-state index is 0.816. The summed E-state index contributed by atoms with van der Waals surface area (Å²) in [5.41, 5.74) is 2.35. The van der Waals surface area contributed by atoms with Crippen LogP contribution in [0.5, 0.6) is 11.5 Å². The number of aliphatic imine (C=N–C) groups is 1. The Morgan fingerprint density at radius 3 is 2.50 bits per heavy atom. The molecule has 0 saturated carbocycles. The van der Waals surface area contributed by atoms with Gasteiger partial charge in [0.15, 0.2) is 0 Å². The average Bonchev–Trinajstić information content (AvgIpc) is 2.67. The van der Waals surface area contributed by atoms with Gasteiger partial charge in [0.2, 0.25) is 0 Å². The van der Waals surface area contributed by atoms with Gasteiger partial charge in [-0.1, -0.05) is 18.2 Å². The lowest BCUT2D eigenvalue weighted by Crippen LogP contribution is -2.30. The van der Waals surface area contributed by atoms with Gasteiger partial charge in [0, 0.05) is 35.4 Å². The van der Waals surface area contributed by atoms with Gasteiger partial charge in [0.25, 0.3) is 0 Å². The molecule has 0 amide bonds. The first-order valence-electron chi connectivity index (χ1n) is 8.02. The molecule has 1 aliphatic rings. The molecule has 0 unspecified atom stereocenters. The van der Waals surface area contributed by atoms with E-state index >= 15 is 0 Å². The summed E-state index contributed by atoms with van der Waals surface area (Å²) in [5, 5.41) is 3.41. The fraction of sp³-hybridized carbons (Fsp3) is 0.316. The maximum atomic E-state index is 5.35. The molecule has 4 nitrogen and oxygen atoms in total. The Morgan fingerprint density at radius 1 is 1.08 bits per heavy atom. The quantitative estimate of drug-likeness (QED) is 0.812. The highest BCUT2D eigenvalue weighted by atomic mass is 32.2. The number of hydrogen-bond donors (Lipinski definition) is 1. The van der Waals surface area contributed by atoms with Crippen molar-refractivity contribution in [3.05, 3.63) is 53.6 Å². The molecule has 2 aromatic rings. The van der Waals surface area contributed by atoms with Crippen LogP contribution in [0, 0.1) is 0 Å². The molecule has 2 aromatic carbocycles. The fourth-order valence-electron chi connectivity index (χ4n) is 2.61. The number of nitrogens with one attached hydrogen (secondary N) is 1. The Bertz CT molecular complexity index is 709. The molecular formula is C19H22N2O2S. The number of thioether (sulfide) groups is 1. The van der Waals surface area contributed by atoms with Crippen molar-refractivity contribution in [2.24, 2.45) is 4.99 Å². The molecule has 0 spiro atoms. The van der Waals surface area contributed by atoms with E-state index in [1.807, 2.05) is 6.07 Å². The van der Waals surface area contributed by atoms with E-state index < -0.39 is 0 Å². The standard InChI is InChI=1S/C19H22N2O2S/c1-22-15-10-14(11-16(12-15)23-2)13-24-18-7-4-3-6-17(18)19-20-8-5-9-21-19/h3-4,6-7,10-12H,5,8-9,13H2,1-2H3,(H,20,21). The zero-order chi connectivity index (χ0) is 16.8. The second-order valence-electron chi connectivity index (χ2n) is 5.52. The summed E-state index contributed by atoms with van der Waals surface area (Å²) in [6.45, 7) is 1.89. The summed E-state index contributed by atoms with van der Waals surface area (Å²) >= 11 is 1.80. The Labute approximate surface area is 147 Å². The number of amidine groups is 1. The van der Waals surface area contributed by atoms with Crippen LogP contribution in [0.4, 0.5) is 0 Å². The van der Waals surface area contributed by atoms with Crippen molar-refractivity contribution in [1.29, 1.82) is 0 Å². The van der Waals surface area contributed by atoms with E-state index in [0.717, 1.165) is 42.6 Å². The van der Waals surface area contributed by atoms with Crippen molar-refractivity contribution >= 4 is 17.6 Å². The van der Waals surface area contributed by atoms with Crippen LogP contribution >= 0.6 is 11.8 Å². The van der Waals surface area contributed by atoms with Crippen molar-refractivity contribution in [2.45, 2.75) is 17.1 Å². The molecule has 3 rings (SSSR count). The van der Waals surface area contributed by atoms with Gasteiger partial charge in [-0.2, -0.15) is 0 Å². The van der Waals surface area contributed by atoms with Crippen LogP contribution in [-0.2, 0) is 5.75 Å². The monoisotopic (exact) mass is 342 g/mol. The maximum absolute atomic E-state index is 5.35. The fourth-order valence-corrected chi connectivity index (χ4v) is 3.60. The Hall–Kier alpha value is -2.14. The summed E-state index contributed by atoms with van der Waals surface area (Å²) in [4.78, 5) is 5.85. The largest absolute Gasteiger partial charge is 0.497 e. The van der Waals surface area contributed by atoms with Crippen molar-refractivity contribution in [1.82, 2.24) is 5.32 Å². The molecule has 0 bridgehead atoms. The predicted octanol–water partition coefficient (Wildman–Crippen LogP) is 3.74. The topological polar surface area (TPSA) is 42.8 Å². The molecule has 1 heterocycles. The van der Waals surface area contributed by atoms with Crippen molar-refractivity contribution in [3.63, 3.8) is 0 Å². The van der Waals surface area contributed by atoms with Gasteiger partial charge in [-0.15, -0.1) is 11.8 Å².